The van der Waals surface area contributed by atoms with Gasteiger partial charge in [0, 0.05) is 11.4 Å². The van der Waals surface area contributed by atoms with Crippen molar-refractivity contribution in [2.75, 3.05) is 4.72 Å². The molecule has 0 spiro atoms. The molecule has 26 heavy (non-hydrogen) atoms. The van der Waals surface area contributed by atoms with Gasteiger partial charge >= 0.3 is 6.18 Å². The lowest BCUT2D eigenvalue weighted by molar-refractivity contribution is -0.140. The second kappa shape index (κ2) is 5.90. The molecule has 7 nitrogen and oxygen atoms in total. The van der Waals surface area contributed by atoms with Gasteiger partial charge < -0.3 is 0 Å². The van der Waals surface area contributed by atoms with Crippen LogP contribution in [0.25, 0.3) is 5.78 Å². The third kappa shape index (κ3) is 3.19. The van der Waals surface area contributed by atoms with Gasteiger partial charge in [0.05, 0.1) is 5.56 Å². The number of aromatic nitrogens is 4. The molecule has 0 amide bonds. The lowest BCUT2D eigenvalue weighted by atomic mass is 10.2. The summed E-state index contributed by atoms with van der Waals surface area (Å²) in [5, 5.41) is 3.83. The first-order chi connectivity index (χ1) is 12.0. The Labute approximate surface area is 144 Å². The fraction of sp³-hybridized carbons (Fsp3) is 0.214. The molecular weight excluding hydrogens is 378 g/mol. The highest BCUT2D eigenvalue weighted by Crippen LogP contribution is 2.35. The standard InChI is InChI=1S/C14H11F4N5O2S/c1-7-6-8(2)23-13(19-7)20-12(21-23)22-26(24,25)11-9(14(16,17)18)4-3-5-10(11)15/h3-6H,1-2H3,(H,21,22). The smallest absolute Gasteiger partial charge is 0.246 e. The van der Waals surface area contributed by atoms with Crippen LogP contribution in [0.5, 0.6) is 0 Å². The molecule has 3 aromatic rings. The van der Waals surface area contributed by atoms with Crippen molar-refractivity contribution in [1.29, 1.82) is 0 Å². The highest BCUT2D eigenvalue weighted by Gasteiger charge is 2.39. The lowest BCUT2D eigenvalue weighted by Gasteiger charge is -2.13. The number of rotatable bonds is 3. The molecule has 0 bridgehead atoms. The predicted octanol–water partition coefficient (Wildman–Crippen LogP) is 2.70. The Morgan fingerprint density at radius 1 is 1.15 bits per heavy atom. The van der Waals surface area contributed by atoms with Crippen LogP contribution < -0.4 is 4.72 Å². The number of anilines is 1. The quantitative estimate of drug-likeness (QED) is 0.696. The van der Waals surface area contributed by atoms with Crippen LogP contribution in [-0.2, 0) is 16.2 Å². The lowest BCUT2D eigenvalue weighted by Crippen LogP contribution is -2.21. The molecule has 0 fully saturated rings. The molecule has 0 aliphatic rings. The van der Waals surface area contributed by atoms with Crippen molar-refractivity contribution < 1.29 is 26.0 Å². The van der Waals surface area contributed by atoms with Crippen LogP contribution in [0.4, 0.5) is 23.5 Å². The van der Waals surface area contributed by atoms with Gasteiger partial charge in [0.15, 0.2) is 0 Å². The molecule has 1 N–H and O–H groups in total. The normalized spacial score (nSPS) is 12.5. The van der Waals surface area contributed by atoms with Crippen molar-refractivity contribution >= 4 is 21.7 Å². The molecule has 0 saturated heterocycles. The largest absolute Gasteiger partial charge is 0.417 e. The summed E-state index contributed by atoms with van der Waals surface area (Å²) in [4.78, 5) is 6.33. The fourth-order valence-corrected chi connectivity index (χ4v) is 3.61. The summed E-state index contributed by atoms with van der Waals surface area (Å²) in [6.45, 7) is 3.34. The molecule has 2 heterocycles. The van der Waals surface area contributed by atoms with Crippen LogP contribution in [0.1, 0.15) is 17.0 Å². The van der Waals surface area contributed by atoms with E-state index in [4.69, 9.17) is 0 Å². The minimum absolute atomic E-state index is 0.0461. The molecule has 3 rings (SSSR count). The Kier molecular flexibility index (Phi) is 4.09. The van der Waals surface area contributed by atoms with Gasteiger partial charge in [-0.3, -0.25) is 0 Å². The molecule has 1 aromatic carbocycles. The summed E-state index contributed by atoms with van der Waals surface area (Å²) in [5.74, 6) is -2.02. The van der Waals surface area contributed by atoms with E-state index < -0.39 is 38.4 Å². The molecular formula is C14H11F4N5O2S. The molecule has 0 atom stereocenters. The summed E-state index contributed by atoms with van der Waals surface area (Å²) in [5.41, 5.74) is -0.462. The van der Waals surface area contributed by atoms with Crippen molar-refractivity contribution in [3.05, 3.63) is 47.0 Å². The number of hydrogen-bond acceptors (Lipinski definition) is 5. The predicted molar refractivity (Wildman–Crippen MR) is 82.5 cm³/mol. The highest BCUT2D eigenvalue weighted by atomic mass is 32.2. The number of hydrogen-bond donors (Lipinski definition) is 1. The molecule has 12 heteroatoms. The summed E-state index contributed by atoms with van der Waals surface area (Å²) >= 11 is 0. The van der Waals surface area contributed by atoms with Crippen LogP contribution in [-0.4, -0.2) is 28.0 Å². The number of benzene rings is 1. The SMILES string of the molecule is Cc1cc(C)n2nc(NS(=O)(=O)c3c(F)cccc3C(F)(F)F)nc2n1. The molecule has 0 saturated carbocycles. The number of fused-ring (bicyclic) bond motifs is 1. The second-order valence-corrected chi connectivity index (χ2v) is 7.03. The first kappa shape index (κ1) is 18.0. The fourth-order valence-electron chi connectivity index (χ4n) is 2.39. The summed E-state index contributed by atoms with van der Waals surface area (Å²) in [7, 11) is -4.94. The number of sulfonamides is 1. The van der Waals surface area contributed by atoms with Gasteiger partial charge in [-0.2, -0.15) is 22.7 Å². The molecule has 0 aliphatic carbocycles. The number of alkyl halides is 3. The summed E-state index contributed by atoms with van der Waals surface area (Å²) in [6.07, 6.45) is -5.06. The Balaban J connectivity index is 2.10. The number of nitrogens with zero attached hydrogens (tertiary/aromatic N) is 4. The Bertz CT molecular complexity index is 1110. The zero-order chi connectivity index (χ0) is 19.3. The summed E-state index contributed by atoms with van der Waals surface area (Å²) in [6, 6.07) is 3.52. The van der Waals surface area contributed by atoms with E-state index in [1.807, 2.05) is 0 Å². The minimum Gasteiger partial charge on any atom is -0.246 e. The average Bonchev–Trinajstić information content (AvgIpc) is 2.87. The first-order valence-electron chi connectivity index (χ1n) is 7.08. The maximum atomic E-state index is 13.9. The number of nitrogens with one attached hydrogen (secondary N) is 1. The molecule has 0 radical (unpaired) electrons. The van der Waals surface area contributed by atoms with E-state index in [2.05, 4.69) is 15.1 Å². The highest BCUT2D eigenvalue weighted by molar-refractivity contribution is 7.92. The maximum Gasteiger partial charge on any atom is 0.417 e. The van der Waals surface area contributed by atoms with Gasteiger partial charge in [-0.25, -0.2) is 22.5 Å². The molecule has 138 valence electrons. The van der Waals surface area contributed by atoms with E-state index in [1.54, 1.807) is 24.6 Å². The third-order valence-electron chi connectivity index (χ3n) is 3.39. The van der Waals surface area contributed by atoms with Crippen molar-refractivity contribution in [3.63, 3.8) is 0 Å². The van der Waals surface area contributed by atoms with Crippen LogP contribution in [0.3, 0.4) is 0 Å². The van der Waals surface area contributed by atoms with Gasteiger partial charge in [-0.1, -0.05) is 6.07 Å². The maximum absolute atomic E-state index is 13.9. The van der Waals surface area contributed by atoms with Crippen LogP contribution in [0.2, 0.25) is 0 Å². The van der Waals surface area contributed by atoms with E-state index >= 15 is 0 Å². The third-order valence-corrected chi connectivity index (χ3v) is 4.79. The van der Waals surface area contributed by atoms with Crippen molar-refractivity contribution in [2.45, 2.75) is 24.9 Å². The van der Waals surface area contributed by atoms with Gasteiger partial charge in [0.2, 0.25) is 0 Å². The number of aryl methyl sites for hydroxylation is 2. The van der Waals surface area contributed by atoms with Crippen molar-refractivity contribution in [2.24, 2.45) is 0 Å². The van der Waals surface area contributed by atoms with E-state index in [0.717, 1.165) is 6.07 Å². The van der Waals surface area contributed by atoms with Gasteiger partial charge in [0.25, 0.3) is 21.7 Å². The van der Waals surface area contributed by atoms with E-state index in [-0.39, 0.29) is 5.78 Å². The Morgan fingerprint density at radius 3 is 2.50 bits per heavy atom. The van der Waals surface area contributed by atoms with E-state index in [0.29, 0.717) is 23.5 Å². The first-order valence-corrected chi connectivity index (χ1v) is 8.57. The monoisotopic (exact) mass is 389 g/mol. The number of halogens is 4. The van der Waals surface area contributed by atoms with Crippen LogP contribution >= 0.6 is 0 Å². The topological polar surface area (TPSA) is 89.2 Å². The van der Waals surface area contributed by atoms with Crippen molar-refractivity contribution in [3.8, 4) is 0 Å². The van der Waals surface area contributed by atoms with Crippen LogP contribution in [0.15, 0.2) is 29.2 Å². The zero-order valence-corrected chi connectivity index (χ0v) is 14.2. The Hall–Kier alpha value is -2.76. The Morgan fingerprint density at radius 2 is 1.85 bits per heavy atom. The second-order valence-electron chi connectivity index (χ2n) is 5.41. The summed E-state index contributed by atoms with van der Waals surface area (Å²) < 4.78 is 80.8. The molecule has 0 unspecified atom stereocenters. The molecule has 2 aromatic heterocycles. The zero-order valence-electron chi connectivity index (χ0n) is 13.3. The van der Waals surface area contributed by atoms with Crippen LogP contribution in [0, 0.1) is 19.7 Å². The van der Waals surface area contributed by atoms with E-state index in [9.17, 15) is 26.0 Å². The average molecular weight is 389 g/mol. The van der Waals surface area contributed by atoms with Gasteiger partial charge in [0.1, 0.15) is 10.7 Å². The minimum atomic E-state index is -5.06. The van der Waals surface area contributed by atoms with Crippen molar-refractivity contribution in [1.82, 2.24) is 19.6 Å². The molecule has 0 aliphatic heterocycles. The van der Waals surface area contributed by atoms with E-state index in [1.165, 1.54) is 4.52 Å². The van der Waals surface area contributed by atoms with Gasteiger partial charge in [-0.05, 0) is 32.0 Å². The van der Waals surface area contributed by atoms with Gasteiger partial charge in [-0.15, -0.1) is 5.10 Å².